The predicted molar refractivity (Wildman–Crippen MR) is 158 cm³/mol. The van der Waals surface area contributed by atoms with Crippen LogP contribution in [-0.4, -0.2) is 17.5 Å². The summed E-state index contributed by atoms with van der Waals surface area (Å²) in [5.74, 6) is -0.546. The van der Waals surface area contributed by atoms with E-state index in [-0.39, 0.29) is 23.1 Å². The van der Waals surface area contributed by atoms with Crippen molar-refractivity contribution in [3.05, 3.63) is 94.3 Å². The summed E-state index contributed by atoms with van der Waals surface area (Å²) in [5, 5.41) is 3.31. The third kappa shape index (κ3) is 6.90. The molecule has 2 aromatic carbocycles. The molecule has 228 valence electrons. The summed E-state index contributed by atoms with van der Waals surface area (Å²) in [4.78, 5) is 2.08. The van der Waals surface area contributed by atoms with Crippen LogP contribution in [0.2, 0.25) is 0 Å². The number of benzene rings is 2. The highest BCUT2D eigenvalue weighted by molar-refractivity contribution is 5.75. The summed E-state index contributed by atoms with van der Waals surface area (Å²) in [5.41, 5.74) is 4.96. The van der Waals surface area contributed by atoms with E-state index in [1.54, 1.807) is 0 Å². The molecule has 4 rings (SSSR count). The predicted octanol–water partition coefficient (Wildman–Crippen LogP) is 10.6. The molecule has 42 heavy (non-hydrogen) atoms. The largest absolute Gasteiger partial charge is 0.416 e. The minimum Gasteiger partial charge on any atom is -0.368 e. The highest BCUT2D eigenvalue weighted by Gasteiger charge is 2.41. The Morgan fingerprint density at radius 1 is 1.02 bits per heavy atom. The van der Waals surface area contributed by atoms with E-state index in [1.807, 2.05) is 19.9 Å². The third-order valence-corrected chi connectivity index (χ3v) is 8.68. The van der Waals surface area contributed by atoms with E-state index >= 15 is 0 Å². The van der Waals surface area contributed by atoms with Crippen molar-refractivity contribution in [2.75, 3.05) is 11.9 Å². The second-order valence-electron chi connectivity index (χ2n) is 12.6. The lowest BCUT2D eigenvalue weighted by atomic mass is 9.72. The Bertz CT molecular complexity index is 1360. The fourth-order valence-corrected chi connectivity index (χ4v) is 6.48. The molecule has 1 saturated heterocycles. The zero-order valence-electron chi connectivity index (χ0n) is 25.0. The van der Waals surface area contributed by atoms with Gasteiger partial charge >= 0.3 is 12.4 Å². The summed E-state index contributed by atoms with van der Waals surface area (Å²) in [6.45, 7) is 19.1. The van der Waals surface area contributed by atoms with Crippen LogP contribution in [0.4, 0.5) is 32.0 Å². The van der Waals surface area contributed by atoms with Crippen LogP contribution in [-0.2, 0) is 18.8 Å². The van der Waals surface area contributed by atoms with E-state index in [0.717, 1.165) is 54.9 Å². The SMILES string of the molecule is C=C(C)Nc1ccc(CC)c(C2=C(CN3C(=C)CC(c4cc(C(F)(F)F)cc(C(F)(F)F)c4)C3C)CC(C)(C)CC2)c1. The number of hydrogen-bond acceptors (Lipinski definition) is 2. The molecule has 1 aliphatic carbocycles. The van der Waals surface area contributed by atoms with Crippen molar-refractivity contribution >= 4 is 11.3 Å². The van der Waals surface area contributed by atoms with Crippen molar-refractivity contribution in [2.45, 2.75) is 91.0 Å². The zero-order valence-corrected chi connectivity index (χ0v) is 25.0. The lowest BCUT2D eigenvalue weighted by Crippen LogP contribution is -2.33. The van der Waals surface area contributed by atoms with Gasteiger partial charge in [-0.25, -0.2) is 0 Å². The number of rotatable bonds is 7. The second-order valence-corrected chi connectivity index (χ2v) is 12.6. The Morgan fingerprint density at radius 3 is 2.19 bits per heavy atom. The van der Waals surface area contributed by atoms with Gasteiger partial charge in [-0.1, -0.05) is 40.0 Å². The molecule has 2 aliphatic rings. The van der Waals surface area contributed by atoms with Crippen LogP contribution >= 0.6 is 0 Å². The number of hydrogen-bond donors (Lipinski definition) is 1. The quantitative estimate of drug-likeness (QED) is 0.323. The highest BCUT2D eigenvalue weighted by atomic mass is 19.4. The Labute approximate surface area is 245 Å². The number of aryl methyl sites for hydroxylation is 1. The summed E-state index contributed by atoms with van der Waals surface area (Å²) >= 11 is 0. The normalized spacial score (nSPS) is 21.2. The summed E-state index contributed by atoms with van der Waals surface area (Å²) in [7, 11) is 0. The first-order valence-corrected chi connectivity index (χ1v) is 14.4. The topological polar surface area (TPSA) is 15.3 Å². The molecule has 0 spiro atoms. The molecule has 0 saturated carbocycles. The number of anilines is 1. The number of nitrogens with one attached hydrogen (secondary N) is 1. The van der Waals surface area contributed by atoms with Crippen molar-refractivity contribution in [1.29, 1.82) is 0 Å². The molecule has 1 heterocycles. The summed E-state index contributed by atoms with van der Waals surface area (Å²) < 4.78 is 81.7. The van der Waals surface area contributed by atoms with Gasteiger partial charge in [0.15, 0.2) is 0 Å². The Hall–Kier alpha value is -3.16. The van der Waals surface area contributed by atoms with Gasteiger partial charge in [0.25, 0.3) is 0 Å². The van der Waals surface area contributed by atoms with E-state index in [9.17, 15) is 26.3 Å². The minimum atomic E-state index is -4.88. The molecular weight excluding hydrogens is 550 g/mol. The van der Waals surface area contributed by atoms with Crippen LogP contribution in [0.1, 0.15) is 94.0 Å². The van der Waals surface area contributed by atoms with Gasteiger partial charge in [0.05, 0.1) is 11.1 Å². The molecular formula is C34H40F6N2. The molecule has 1 N–H and O–H groups in total. The molecule has 2 nitrogen and oxygen atoms in total. The van der Waals surface area contributed by atoms with Crippen molar-refractivity contribution in [3.63, 3.8) is 0 Å². The van der Waals surface area contributed by atoms with Crippen LogP contribution in [0.3, 0.4) is 0 Å². The smallest absolute Gasteiger partial charge is 0.368 e. The molecule has 8 heteroatoms. The van der Waals surface area contributed by atoms with Gasteiger partial charge in [0, 0.05) is 35.6 Å². The molecule has 2 unspecified atom stereocenters. The number of halogens is 6. The average Bonchev–Trinajstić information content (AvgIpc) is 3.15. The first-order valence-electron chi connectivity index (χ1n) is 14.4. The van der Waals surface area contributed by atoms with Crippen LogP contribution in [0.15, 0.2) is 66.5 Å². The van der Waals surface area contributed by atoms with E-state index < -0.39 is 29.4 Å². The van der Waals surface area contributed by atoms with E-state index in [1.165, 1.54) is 22.3 Å². The number of likely N-dealkylation sites (tertiary alicyclic amines) is 1. The molecule has 1 fully saturated rings. The standard InChI is InChI=1S/C34H40F6N2/c1-8-23-9-10-28(41-20(2)3)17-31(23)29-11-12-32(6,7)18-25(29)19-42-21(4)13-30(22(42)5)24-14-26(33(35,36)37)16-27(15-24)34(38,39)40/h9-10,14-17,22,30,41H,2,4,8,11-13,18-19H2,1,3,5-7H3. The summed E-state index contributed by atoms with van der Waals surface area (Å²) in [6, 6.07) is 7.94. The fraction of sp³-hybridized carbons (Fsp3) is 0.471. The third-order valence-electron chi connectivity index (χ3n) is 8.68. The van der Waals surface area contributed by atoms with Crippen LogP contribution in [0.5, 0.6) is 0 Å². The summed E-state index contributed by atoms with van der Waals surface area (Å²) in [6.07, 6.45) is -5.88. The van der Waals surface area contributed by atoms with Gasteiger partial charge in [0.2, 0.25) is 0 Å². The Balaban J connectivity index is 1.74. The minimum absolute atomic E-state index is 0.0401. The number of alkyl halides is 6. The number of nitrogens with zero attached hydrogens (tertiary/aromatic N) is 1. The van der Waals surface area contributed by atoms with Gasteiger partial charge in [-0.05, 0) is 110 Å². The zero-order chi connectivity index (χ0) is 31.2. The first kappa shape index (κ1) is 31.8. The van der Waals surface area contributed by atoms with Crippen LogP contribution in [0, 0.1) is 5.41 Å². The van der Waals surface area contributed by atoms with Crippen molar-refractivity contribution in [3.8, 4) is 0 Å². The maximum atomic E-state index is 13.6. The van der Waals surface area contributed by atoms with Crippen molar-refractivity contribution in [2.24, 2.45) is 5.41 Å². The first-order chi connectivity index (χ1) is 19.4. The fourth-order valence-electron chi connectivity index (χ4n) is 6.48. The lowest BCUT2D eigenvalue weighted by Gasteiger charge is -2.37. The Kier molecular flexibility index (Phi) is 8.69. The molecule has 1 aliphatic heterocycles. The Morgan fingerprint density at radius 2 is 1.64 bits per heavy atom. The molecule has 2 aromatic rings. The van der Waals surface area contributed by atoms with Gasteiger partial charge < -0.3 is 10.2 Å². The van der Waals surface area contributed by atoms with Crippen molar-refractivity contribution in [1.82, 2.24) is 4.90 Å². The van der Waals surface area contributed by atoms with Gasteiger partial charge in [-0.2, -0.15) is 26.3 Å². The molecule has 0 amide bonds. The van der Waals surface area contributed by atoms with Gasteiger partial charge in [-0.3, -0.25) is 0 Å². The molecule has 0 aromatic heterocycles. The molecule has 0 radical (unpaired) electrons. The van der Waals surface area contributed by atoms with E-state index in [2.05, 4.69) is 56.3 Å². The van der Waals surface area contributed by atoms with Gasteiger partial charge in [-0.15, -0.1) is 0 Å². The van der Waals surface area contributed by atoms with Crippen molar-refractivity contribution < 1.29 is 26.3 Å². The molecule has 0 bridgehead atoms. The van der Waals surface area contributed by atoms with Gasteiger partial charge in [0.1, 0.15) is 0 Å². The van der Waals surface area contributed by atoms with E-state index in [4.69, 9.17) is 0 Å². The second kappa shape index (κ2) is 11.5. The maximum Gasteiger partial charge on any atom is 0.416 e. The molecule has 2 atom stereocenters. The van der Waals surface area contributed by atoms with E-state index in [0.29, 0.717) is 13.0 Å². The van der Waals surface area contributed by atoms with Crippen LogP contribution < -0.4 is 5.32 Å². The number of allylic oxidation sites excluding steroid dienone is 3. The highest BCUT2D eigenvalue weighted by Crippen LogP contribution is 2.47. The maximum absolute atomic E-state index is 13.6. The van der Waals surface area contributed by atoms with Crippen LogP contribution in [0.25, 0.3) is 5.57 Å². The monoisotopic (exact) mass is 590 g/mol. The lowest BCUT2D eigenvalue weighted by molar-refractivity contribution is -0.143. The average molecular weight is 591 g/mol.